The van der Waals surface area contributed by atoms with Crippen molar-refractivity contribution in [1.29, 1.82) is 0 Å². The van der Waals surface area contributed by atoms with E-state index >= 15 is 0 Å². The normalized spacial score (nSPS) is 14.7. The Hall–Kier alpha value is -1.61. The molecular weight excluding hydrogens is 228 g/mol. The van der Waals surface area contributed by atoms with Gasteiger partial charge in [0.15, 0.2) is 0 Å². The Bertz CT molecular complexity index is 417. The topological polar surface area (TPSA) is 46.5 Å². The molecule has 1 atom stereocenters. The van der Waals surface area contributed by atoms with Crippen LogP contribution in [0.15, 0.2) is 43.0 Å². The molecule has 1 aromatic carbocycles. The highest BCUT2D eigenvalue weighted by Crippen LogP contribution is 2.39. The van der Waals surface area contributed by atoms with E-state index in [2.05, 4.69) is 6.58 Å². The number of esters is 1. The van der Waals surface area contributed by atoms with Gasteiger partial charge in [-0.3, -0.25) is 0 Å². The van der Waals surface area contributed by atoms with Crippen molar-refractivity contribution in [2.24, 2.45) is 5.41 Å². The second-order valence-corrected chi connectivity index (χ2v) is 5.29. The van der Waals surface area contributed by atoms with Crippen molar-refractivity contribution in [2.45, 2.75) is 26.4 Å². The summed E-state index contributed by atoms with van der Waals surface area (Å²) in [5.41, 5.74) is -0.961. The number of aliphatic hydroxyl groups is 1. The summed E-state index contributed by atoms with van der Waals surface area (Å²) in [6, 6.07) is 9.23. The van der Waals surface area contributed by atoms with Crippen molar-refractivity contribution in [2.75, 3.05) is 6.61 Å². The van der Waals surface area contributed by atoms with Crippen LogP contribution in [0.5, 0.6) is 0 Å². The molecule has 0 saturated heterocycles. The van der Waals surface area contributed by atoms with E-state index in [1.54, 1.807) is 0 Å². The highest BCUT2D eigenvalue weighted by molar-refractivity contribution is 5.81. The van der Waals surface area contributed by atoms with Crippen LogP contribution in [0.4, 0.5) is 0 Å². The fourth-order valence-corrected chi connectivity index (χ4v) is 1.68. The lowest BCUT2D eigenvalue weighted by molar-refractivity contribution is -0.157. The van der Waals surface area contributed by atoms with Gasteiger partial charge in [-0.1, -0.05) is 57.7 Å². The molecule has 1 N–H and O–H groups in total. The van der Waals surface area contributed by atoms with Crippen molar-refractivity contribution >= 4 is 5.97 Å². The number of ether oxygens (including phenoxy) is 1. The van der Waals surface area contributed by atoms with E-state index in [0.29, 0.717) is 0 Å². The van der Waals surface area contributed by atoms with Gasteiger partial charge in [0.1, 0.15) is 12.2 Å². The van der Waals surface area contributed by atoms with E-state index < -0.39 is 17.0 Å². The van der Waals surface area contributed by atoms with Crippen LogP contribution in [0.2, 0.25) is 0 Å². The summed E-state index contributed by atoms with van der Waals surface area (Å²) >= 11 is 0. The molecule has 0 heterocycles. The van der Waals surface area contributed by atoms with E-state index in [9.17, 15) is 9.90 Å². The number of benzene rings is 1. The van der Waals surface area contributed by atoms with Crippen LogP contribution in [-0.2, 0) is 15.1 Å². The minimum Gasteiger partial charge on any atom is -0.459 e. The molecule has 0 aromatic heterocycles. The highest BCUT2D eigenvalue weighted by Gasteiger charge is 2.42. The van der Waals surface area contributed by atoms with Gasteiger partial charge in [0.25, 0.3) is 0 Å². The van der Waals surface area contributed by atoms with Crippen LogP contribution in [0.3, 0.4) is 0 Å². The van der Waals surface area contributed by atoms with Crippen LogP contribution < -0.4 is 0 Å². The second-order valence-electron chi connectivity index (χ2n) is 5.29. The first-order chi connectivity index (χ1) is 8.31. The van der Waals surface area contributed by atoms with Gasteiger partial charge < -0.3 is 9.84 Å². The van der Waals surface area contributed by atoms with Gasteiger partial charge in [0.2, 0.25) is 0 Å². The minimum absolute atomic E-state index is 0.0919. The number of hydrogen-bond donors (Lipinski definition) is 1. The number of rotatable bonds is 4. The van der Waals surface area contributed by atoms with Crippen molar-refractivity contribution in [1.82, 2.24) is 0 Å². The van der Waals surface area contributed by atoms with Crippen LogP contribution in [0.25, 0.3) is 0 Å². The summed E-state index contributed by atoms with van der Waals surface area (Å²) in [7, 11) is 0. The van der Waals surface area contributed by atoms with Crippen molar-refractivity contribution in [3.63, 3.8) is 0 Å². The molecule has 0 radical (unpaired) electrons. The summed E-state index contributed by atoms with van der Waals surface area (Å²) in [6.45, 7) is 8.96. The Balaban J connectivity index is 3.04. The Morgan fingerprint density at radius 1 is 1.33 bits per heavy atom. The summed E-state index contributed by atoms with van der Waals surface area (Å²) < 4.78 is 5.03. The molecule has 0 saturated carbocycles. The maximum Gasteiger partial charge on any atom is 0.330 e. The summed E-state index contributed by atoms with van der Waals surface area (Å²) in [4.78, 5) is 11.2. The van der Waals surface area contributed by atoms with Gasteiger partial charge in [0, 0.05) is 6.08 Å². The van der Waals surface area contributed by atoms with Gasteiger partial charge in [-0.05, 0) is 11.0 Å². The van der Waals surface area contributed by atoms with Crippen LogP contribution in [-0.4, -0.2) is 17.7 Å². The molecule has 0 spiro atoms. The van der Waals surface area contributed by atoms with Gasteiger partial charge in [0.05, 0.1) is 0 Å². The quantitative estimate of drug-likeness (QED) is 0.658. The third-order valence-corrected chi connectivity index (χ3v) is 3.08. The molecule has 1 aromatic rings. The molecule has 3 nitrogen and oxygen atoms in total. The van der Waals surface area contributed by atoms with Gasteiger partial charge in [-0.2, -0.15) is 0 Å². The largest absolute Gasteiger partial charge is 0.459 e. The number of carbonyl (C=O) groups is 1. The number of carbonyl (C=O) groups excluding carboxylic acids is 1. The van der Waals surface area contributed by atoms with Crippen LogP contribution in [0, 0.1) is 5.41 Å². The van der Waals surface area contributed by atoms with E-state index in [1.807, 2.05) is 51.1 Å². The zero-order chi connectivity index (χ0) is 13.8. The molecule has 0 aliphatic carbocycles. The molecule has 1 unspecified atom stereocenters. The molecule has 0 fully saturated rings. The Labute approximate surface area is 108 Å². The molecule has 18 heavy (non-hydrogen) atoms. The molecular formula is C15H20O3. The van der Waals surface area contributed by atoms with Crippen molar-refractivity contribution in [3.8, 4) is 0 Å². The molecule has 1 rings (SSSR count). The van der Waals surface area contributed by atoms with E-state index in [0.717, 1.165) is 11.6 Å². The first kappa shape index (κ1) is 14.5. The lowest BCUT2D eigenvalue weighted by Gasteiger charge is -2.40. The fraction of sp³-hybridized carbons (Fsp3) is 0.400. The molecule has 0 bridgehead atoms. The predicted octanol–water partition coefficient (Wildman–Crippen LogP) is 2.65. The van der Waals surface area contributed by atoms with E-state index in [1.165, 1.54) is 0 Å². The maximum absolute atomic E-state index is 11.2. The second kappa shape index (κ2) is 5.36. The monoisotopic (exact) mass is 248 g/mol. The summed E-state index contributed by atoms with van der Waals surface area (Å²) in [5, 5.41) is 10.9. The van der Waals surface area contributed by atoms with Crippen molar-refractivity contribution in [3.05, 3.63) is 48.6 Å². The number of hydrogen-bond acceptors (Lipinski definition) is 3. The lowest BCUT2D eigenvalue weighted by atomic mass is 9.72. The average Bonchev–Trinajstić information content (AvgIpc) is 2.35. The van der Waals surface area contributed by atoms with Gasteiger partial charge in [-0.15, -0.1) is 0 Å². The smallest absolute Gasteiger partial charge is 0.330 e. The standard InChI is InChI=1S/C15H20O3/c1-5-13(16)18-11-15(17,14(2,3)4)12-9-7-6-8-10-12/h5-10,17H,1,11H2,2-4H3. The lowest BCUT2D eigenvalue weighted by Crippen LogP contribution is -2.44. The summed E-state index contributed by atoms with van der Waals surface area (Å²) in [5.74, 6) is -0.534. The SMILES string of the molecule is C=CC(=O)OCC(O)(c1ccccc1)C(C)(C)C. The maximum atomic E-state index is 11.2. The van der Waals surface area contributed by atoms with Crippen LogP contribution in [0.1, 0.15) is 26.3 Å². The zero-order valence-electron chi connectivity index (χ0n) is 11.1. The van der Waals surface area contributed by atoms with E-state index in [-0.39, 0.29) is 6.61 Å². The zero-order valence-corrected chi connectivity index (χ0v) is 11.1. The molecule has 98 valence electrons. The molecule has 0 aliphatic rings. The third-order valence-electron chi connectivity index (χ3n) is 3.08. The first-order valence-electron chi connectivity index (χ1n) is 5.88. The van der Waals surface area contributed by atoms with Gasteiger partial charge >= 0.3 is 5.97 Å². The molecule has 3 heteroatoms. The van der Waals surface area contributed by atoms with E-state index in [4.69, 9.17) is 4.74 Å². The van der Waals surface area contributed by atoms with Gasteiger partial charge in [-0.25, -0.2) is 4.79 Å². The third kappa shape index (κ3) is 2.99. The van der Waals surface area contributed by atoms with Crippen molar-refractivity contribution < 1.29 is 14.6 Å². The first-order valence-corrected chi connectivity index (χ1v) is 5.88. The molecule has 0 aliphatic heterocycles. The Kier molecular flexibility index (Phi) is 4.30. The Morgan fingerprint density at radius 2 is 1.89 bits per heavy atom. The molecule has 0 amide bonds. The predicted molar refractivity (Wildman–Crippen MR) is 70.9 cm³/mol. The Morgan fingerprint density at radius 3 is 2.33 bits per heavy atom. The minimum atomic E-state index is -1.23. The average molecular weight is 248 g/mol. The highest BCUT2D eigenvalue weighted by atomic mass is 16.5. The van der Waals surface area contributed by atoms with Crippen LogP contribution >= 0.6 is 0 Å². The fourth-order valence-electron chi connectivity index (χ4n) is 1.68. The summed E-state index contributed by atoms with van der Waals surface area (Å²) in [6.07, 6.45) is 1.09.